The monoisotopic (exact) mass is 416 g/mol. The molecule has 0 aliphatic carbocycles. The first kappa shape index (κ1) is 21.7. The van der Waals surface area contributed by atoms with Crippen LogP contribution in [0.1, 0.15) is 39.0 Å². The van der Waals surface area contributed by atoms with Crippen LogP contribution in [0.15, 0.2) is 29.2 Å². The van der Waals surface area contributed by atoms with E-state index in [1.807, 2.05) is 0 Å². The van der Waals surface area contributed by atoms with Gasteiger partial charge in [0, 0.05) is 24.7 Å². The standard InChI is InChI=1S/C18H25ClN2O5S/c1-14(18(23)21-11-4-2-3-5-12-21)26-17(22)9-10-20-27(24,25)16-8-6-7-15(19)13-16/h6-8,13-14,20H,2-5,9-12H2,1H3. The van der Waals surface area contributed by atoms with Crippen molar-refractivity contribution in [2.75, 3.05) is 19.6 Å². The lowest BCUT2D eigenvalue weighted by Gasteiger charge is -2.24. The molecule has 0 spiro atoms. The second kappa shape index (κ2) is 10.1. The van der Waals surface area contributed by atoms with E-state index in [4.69, 9.17) is 16.3 Å². The summed E-state index contributed by atoms with van der Waals surface area (Å²) in [6.07, 6.45) is 3.07. The quantitative estimate of drug-likeness (QED) is 0.688. The summed E-state index contributed by atoms with van der Waals surface area (Å²) >= 11 is 5.79. The molecule has 27 heavy (non-hydrogen) atoms. The van der Waals surface area contributed by atoms with Gasteiger partial charge in [0.1, 0.15) is 0 Å². The lowest BCUT2D eigenvalue weighted by Crippen LogP contribution is -2.40. The van der Waals surface area contributed by atoms with Gasteiger partial charge in [0.2, 0.25) is 10.0 Å². The van der Waals surface area contributed by atoms with Crippen molar-refractivity contribution in [3.05, 3.63) is 29.3 Å². The van der Waals surface area contributed by atoms with Gasteiger partial charge in [0.25, 0.3) is 5.91 Å². The minimum atomic E-state index is -3.76. The van der Waals surface area contributed by atoms with Gasteiger partial charge in [-0.2, -0.15) is 0 Å². The van der Waals surface area contributed by atoms with Gasteiger partial charge < -0.3 is 9.64 Å². The van der Waals surface area contributed by atoms with E-state index in [9.17, 15) is 18.0 Å². The van der Waals surface area contributed by atoms with Crippen molar-refractivity contribution < 1.29 is 22.7 Å². The third-order valence-electron chi connectivity index (χ3n) is 4.30. The first-order chi connectivity index (χ1) is 12.8. The number of halogens is 1. The second-order valence-electron chi connectivity index (χ2n) is 6.48. The normalized spacial score (nSPS) is 16.4. The number of esters is 1. The smallest absolute Gasteiger partial charge is 0.307 e. The highest BCUT2D eigenvalue weighted by Gasteiger charge is 2.24. The average Bonchev–Trinajstić information content (AvgIpc) is 2.90. The van der Waals surface area contributed by atoms with E-state index in [-0.39, 0.29) is 23.8 Å². The molecular weight excluding hydrogens is 392 g/mol. The van der Waals surface area contributed by atoms with Crippen LogP contribution in [0.3, 0.4) is 0 Å². The van der Waals surface area contributed by atoms with Gasteiger partial charge in [-0.25, -0.2) is 13.1 Å². The first-order valence-corrected chi connectivity index (χ1v) is 10.9. The molecule has 1 amide bonds. The fraction of sp³-hybridized carbons (Fsp3) is 0.556. The van der Waals surface area contributed by atoms with E-state index < -0.39 is 22.1 Å². The Labute approximate surface area is 165 Å². The molecule has 1 atom stereocenters. The highest BCUT2D eigenvalue weighted by Crippen LogP contribution is 2.15. The van der Waals surface area contributed by atoms with Gasteiger partial charge in [-0.05, 0) is 38.0 Å². The van der Waals surface area contributed by atoms with Gasteiger partial charge in [-0.15, -0.1) is 0 Å². The van der Waals surface area contributed by atoms with Crippen LogP contribution in [-0.4, -0.2) is 50.9 Å². The van der Waals surface area contributed by atoms with Crippen LogP contribution in [0, 0.1) is 0 Å². The van der Waals surface area contributed by atoms with Crippen LogP contribution in [-0.2, 0) is 24.3 Å². The maximum absolute atomic E-state index is 12.4. The fourth-order valence-corrected chi connectivity index (χ4v) is 4.19. The molecule has 2 rings (SSSR count). The summed E-state index contributed by atoms with van der Waals surface area (Å²) < 4.78 is 31.8. The molecule has 1 fully saturated rings. The predicted molar refractivity (Wildman–Crippen MR) is 102 cm³/mol. The third-order valence-corrected chi connectivity index (χ3v) is 6.00. The number of hydrogen-bond acceptors (Lipinski definition) is 5. The molecule has 1 aliphatic rings. The maximum atomic E-state index is 12.4. The van der Waals surface area contributed by atoms with Crippen molar-refractivity contribution in [3.8, 4) is 0 Å². The third kappa shape index (κ3) is 6.79. The molecule has 1 aliphatic heterocycles. The minimum absolute atomic E-state index is 0.0214. The Hall–Kier alpha value is -1.64. The van der Waals surface area contributed by atoms with Crippen molar-refractivity contribution in [2.45, 2.75) is 50.0 Å². The van der Waals surface area contributed by atoms with Gasteiger partial charge >= 0.3 is 5.97 Å². The Morgan fingerprint density at radius 3 is 2.52 bits per heavy atom. The molecule has 0 saturated carbocycles. The molecule has 1 heterocycles. The van der Waals surface area contributed by atoms with Crippen molar-refractivity contribution in [2.24, 2.45) is 0 Å². The van der Waals surface area contributed by atoms with Gasteiger partial charge in [-0.1, -0.05) is 30.5 Å². The number of rotatable bonds is 7. The van der Waals surface area contributed by atoms with E-state index in [1.165, 1.54) is 18.2 Å². The van der Waals surface area contributed by atoms with Crippen LogP contribution >= 0.6 is 11.6 Å². The van der Waals surface area contributed by atoms with Crippen LogP contribution in [0.2, 0.25) is 5.02 Å². The number of hydrogen-bond donors (Lipinski definition) is 1. The highest BCUT2D eigenvalue weighted by atomic mass is 35.5. The number of carbonyl (C=O) groups excluding carboxylic acids is 2. The summed E-state index contributed by atoms with van der Waals surface area (Å²) in [5, 5.41) is 0.304. The number of likely N-dealkylation sites (tertiary alicyclic amines) is 1. The molecule has 1 saturated heterocycles. The van der Waals surface area contributed by atoms with Gasteiger partial charge in [-0.3, -0.25) is 9.59 Å². The van der Waals surface area contributed by atoms with Crippen LogP contribution < -0.4 is 4.72 Å². The second-order valence-corrected chi connectivity index (χ2v) is 8.68. The Morgan fingerprint density at radius 2 is 1.89 bits per heavy atom. The number of carbonyl (C=O) groups is 2. The molecule has 1 N–H and O–H groups in total. The number of sulfonamides is 1. The number of nitrogens with one attached hydrogen (secondary N) is 1. The summed E-state index contributed by atoms with van der Waals surface area (Å²) in [4.78, 5) is 26.0. The van der Waals surface area contributed by atoms with Crippen molar-refractivity contribution in [3.63, 3.8) is 0 Å². The summed E-state index contributed by atoms with van der Waals surface area (Å²) in [7, 11) is -3.76. The lowest BCUT2D eigenvalue weighted by molar-refractivity contribution is -0.159. The van der Waals surface area contributed by atoms with Gasteiger partial charge in [0.15, 0.2) is 6.10 Å². The number of nitrogens with zero attached hydrogens (tertiary/aromatic N) is 1. The molecule has 0 aromatic heterocycles. The molecule has 0 radical (unpaired) electrons. The number of amides is 1. The van der Waals surface area contributed by atoms with E-state index in [1.54, 1.807) is 17.9 Å². The SMILES string of the molecule is CC(OC(=O)CCNS(=O)(=O)c1cccc(Cl)c1)C(=O)N1CCCCCC1. The zero-order valence-corrected chi connectivity index (χ0v) is 16.9. The number of benzene rings is 1. The molecule has 0 bridgehead atoms. The number of ether oxygens (including phenoxy) is 1. The molecule has 150 valence electrons. The van der Waals surface area contributed by atoms with Crippen LogP contribution in [0.4, 0.5) is 0 Å². The Bertz CT molecular complexity index is 761. The largest absolute Gasteiger partial charge is 0.452 e. The minimum Gasteiger partial charge on any atom is -0.452 e. The summed E-state index contributed by atoms with van der Waals surface area (Å²) in [5.41, 5.74) is 0. The summed E-state index contributed by atoms with van der Waals surface area (Å²) in [5.74, 6) is -0.829. The van der Waals surface area contributed by atoms with E-state index >= 15 is 0 Å². The first-order valence-electron chi connectivity index (χ1n) is 9.03. The van der Waals surface area contributed by atoms with E-state index in [0.717, 1.165) is 25.7 Å². The summed E-state index contributed by atoms with van der Waals surface area (Å²) in [6.45, 7) is 2.78. The topological polar surface area (TPSA) is 92.8 Å². The lowest BCUT2D eigenvalue weighted by atomic mass is 10.2. The van der Waals surface area contributed by atoms with Gasteiger partial charge in [0.05, 0.1) is 11.3 Å². The Balaban J connectivity index is 1.79. The highest BCUT2D eigenvalue weighted by molar-refractivity contribution is 7.89. The predicted octanol–water partition coefficient (Wildman–Crippen LogP) is 2.34. The fourth-order valence-electron chi connectivity index (χ4n) is 2.86. The van der Waals surface area contributed by atoms with Crippen LogP contribution in [0.25, 0.3) is 0 Å². The summed E-state index contributed by atoms with van der Waals surface area (Å²) in [6, 6.07) is 5.83. The van der Waals surface area contributed by atoms with Crippen molar-refractivity contribution >= 4 is 33.5 Å². The Morgan fingerprint density at radius 1 is 1.22 bits per heavy atom. The molecule has 1 aromatic carbocycles. The molecule has 9 heteroatoms. The van der Waals surface area contributed by atoms with Crippen molar-refractivity contribution in [1.82, 2.24) is 9.62 Å². The molecule has 1 unspecified atom stereocenters. The zero-order chi connectivity index (χ0) is 19.9. The molecular formula is C18H25ClN2O5S. The van der Waals surface area contributed by atoms with Crippen LogP contribution in [0.5, 0.6) is 0 Å². The van der Waals surface area contributed by atoms with E-state index in [2.05, 4.69) is 4.72 Å². The molecule has 1 aromatic rings. The Kier molecular flexibility index (Phi) is 8.07. The van der Waals surface area contributed by atoms with Crippen molar-refractivity contribution in [1.29, 1.82) is 0 Å². The average molecular weight is 417 g/mol. The van der Waals surface area contributed by atoms with E-state index in [0.29, 0.717) is 18.1 Å². The zero-order valence-electron chi connectivity index (χ0n) is 15.3. The maximum Gasteiger partial charge on any atom is 0.307 e. The molecule has 7 nitrogen and oxygen atoms in total.